The molecule has 0 saturated carbocycles. The molecule has 0 amide bonds. The summed E-state index contributed by atoms with van der Waals surface area (Å²) in [6.07, 6.45) is 0.605. The minimum absolute atomic E-state index is 0.0684. The van der Waals surface area contributed by atoms with Crippen LogP contribution in [0.1, 0.15) is 19.8 Å². The molecule has 1 aromatic carbocycles. The van der Waals surface area contributed by atoms with E-state index >= 15 is 0 Å². The average Bonchev–Trinajstić information content (AvgIpc) is 2.19. The third-order valence-electron chi connectivity index (χ3n) is 1.92. The van der Waals surface area contributed by atoms with Gasteiger partial charge in [0, 0.05) is 9.99 Å². The number of halogens is 1. The van der Waals surface area contributed by atoms with E-state index in [1.165, 1.54) is 0 Å². The molecule has 0 aliphatic heterocycles. The topological polar surface area (TPSA) is 46.5 Å². The third kappa shape index (κ3) is 5.01. The Morgan fingerprint density at radius 3 is 2.60 bits per heavy atom. The van der Waals surface area contributed by atoms with E-state index in [1.54, 1.807) is 0 Å². The molecule has 3 nitrogen and oxygen atoms in total. The number of ether oxygens (including phenoxy) is 1. The molecule has 4 heteroatoms. The van der Waals surface area contributed by atoms with Crippen LogP contribution in [0.2, 0.25) is 0 Å². The molecule has 1 rings (SSSR count). The summed E-state index contributed by atoms with van der Waals surface area (Å²) in [4.78, 5) is 10.3. The van der Waals surface area contributed by atoms with Gasteiger partial charge in [0.15, 0.2) is 0 Å². The van der Waals surface area contributed by atoms with Crippen LogP contribution in [-0.2, 0) is 4.79 Å². The Bertz CT molecular complexity index is 321. The highest BCUT2D eigenvalue weighted by Crippen LogP contribution is 2.16. The summed E-state index contributed by atoms with van der Waals surface area (Å²) in [6, 6.07) is 7.69. The molecule has 1 atom stereocenters. The van der Waals surface area contributed by atoms with Crippen molar-refractivity contribution in [3.05, 3.63) is 27.8 Å². The van der Waals surface area contributed by atoms with Crippen LogP contribution in [0.25, 0.3) is 0 Å². The first-order valence-corrected chi connectivity index (χ1v) is 5.80. The highest BCUT2D eigenvalue weighted by molar-refractivity contribution is 14.1. The highest BCUT2D eigenvalue weighted by atomic mass is 127. The molecule has 1 aromatic rings. The zero-order chi connectivity index (χ0) is 11.3. The number of carbonyl (C=O) groups is 1. The van der Waals surface area contributed by atoms with Crippen LogP contribution >= 0.6 is 22.6 Å². The van der Waals surface area contributed by atoms with Gasteiger partial charge >= 0.3 is 5.97 Å². The summed E-state index contributed by atoms with van der Waals surface area (Å²) >= 11 is 2.22. The van der Waals surface area contributed by atoms with Gasteiger partial charge in [-0.15, -0.1) is 0 Å². The second-order valence-corrected chi connectivity index (χ2v) is 4.56. The molecule has 1 N–H and O–H groups in total. The molecule has 0 fully saturated rings. The van der Waals surface area contributed by atoms with E-state index in [1.807, 2.05) is 31.2 Å². The molecular weight excluding hydrogens is 307 g/mol. The van der Waals surface area contributed by atoms with Crippen molar-refractivity contribution in [1.82, 2.24) is 0 Å². The van der Waals surface area contributed by atoms with E-state index in [0.717, 1.165) is 9.32 Å². The first-order chi connectivity index (χ1) is 7.08. The van der Waals surface area contributed by atoms with Crippen LogP contribution in [0.4, 0.5) is 0 Å². The monoisotopic (exact) mass is 320 g/mol. The Kier molecular flexibility index (Phi) is 4.87. The molecule has 0 saturated heterocycles. The van der Waals surface area contributed by atoms with E-state index in [9.17, 15) is 4.79 Å². The number of carboxylic acid groups (broad SMARTS) is 1. The molecule has 15 heavy (non-hydrogen) atoms. The van der Waals surface area contributed by atoms with Gasteiger partial charge < -0.3 is 9.84 Å². The standard InChI is InChI=1S/C11H13IO3/c1-8(2-7-11(13)14)15-10-5-3-9(12)4-6-10/h3-6,8H,2,7H2,1H3,(H,13,14). The summed E-state index contributed by atoms with van der Waals surface area (Å²) in [6.45, 7) is 1.88. The molecular formula is C11H13IO3. The number of carboxylic acids is 1. The average molecular weight is 320 g/mol. The van der Waals surface area contributed by atoms with Crippen molar-refractivity contribution in [3.8, 4) is 5.75 Å². The van der Waals surface area contributed by atoms with Crippen molar-refractivity contribution in [2.75, 3.05) is 0 Å². The van der Waals surface area contributed by atoms with Crippen molar-refractivity contribution in [2.45, 2.75) is 25.9 Å². The van der Waals surface area contributed by atoms with E-state index in [2.05, 4.69) is 22.6 Å². The Morgan fingerprint density at radius 2 is 2.07 bits per heavy atom. The third-order valence-corrected chi connectivity index (χ3v) is 2.63. The predicted molar refractivity (Wildman–Crippen MR) is 66.1 cm³/mol. The van der Waals surface area contributed by atoms with E-state index in [0.29, 0.717) is 6.42 Å². The molecule has 0 aromatic heterocycles. The van der Waals surface area contributed by atoms with Crippen LogP contribution in [0, 0.1) is 3.57 Å². The second-order valence-electron chi connectivity index (χ2n) is 3.31. The fraction of sp³-hybridized carbons (Fsp3) is 0.364. The van der Waals surface area contributed by atoms with Crippen LogP contribution in [0.3, 0.4) is 0 Å². The molecule has 0 bridgehead atoms. The van der Waals surface area contributed by atoms with Crippen molar-refractivity contribution in [3.63, 3.8) is 0 Å². The minimum atomic E-state index is -0.784. The van der Waals surface area contributed by atoms with Crippen molar-refractivity contribution in [1.29, 1.82) is 0 Å². The maximum atomic E-state index is 10.3. The fourth-order valence-corrected chi connectivity index (χ4v) is 1.49. The molecule has 1 unspecified atom stereocenters. The maximum absolute atomic E-state index is 10.3. The lowest BCUT2D eigenvalue weighted by molar-refractivity contribution is -0.137. The first kappa shape index (κ1) is 12.3. The van der Waals surface area contributed by atoms with Gasteiger partial charge in [-0.3, -0.25) is 4.79 Å². The fourth-order valence-electron chi connectivity index (χ4n) is 1.13. The number of hydrogen-bond acceptors (Lipinski definition) is 2. The lowest BCUT2D eigenvalue weighted by Gasteiger charge is -2.13. The van der Waals surface area contributed by atoms with Gasteiger partial charge in [-0.25, -0.2) is 0 Å². The van der Waals surface area contributed by atoms with Crippen LogP contribution in [0.5, 0.6) is 5.75 Å². The number of benzene rings is 1. The van der Waals surface area contributed by atoms with E-state index in [4.69, 9.17) is 9.84 Å². The van der Waals surface area contributed by atoms with Crippen LogP contribution < -0.4 is 4.74 Å². The molecule has 0 radical (unpaired) electrons. The summed E-state index contributed by atoms with van der Waals surface area (Å²) in [5.41, 5.74) is 0. The molecule has 0 aliphatic carbocycles. The second kappa shape index (κ2) is 5.95. The van der Waals surface area contributed by atoms with Crippen LogP contribution in [0.15, 0.2) is 24.3 Å². The Labute approximate surface area is 103 Å². The smallest absolute Gasteiger partial charge is 0.303 e. The lowest BCUT2D eigenvalue weighted by Crippen LogP contribution is -2.13. The van der Waals surface area contributed by atoms with Gasteiger partial charge in [-0.05, 0) is 60.2 Å². The summed E-state index contributed by atoms with van der Waals surface area (Å²) < 4.78 is 6.70. The van der Waals surface area contributed by atoms with Gasteiger partial charge in [0.25, 0.3) is 0 Å². The molecule has 82 valence electrons. The summed E-state index contributed by atoms with van der Waals surface area (Å²) in [5, 5.41) is 8.51. The van der Waals surface area contributed by atoms with Gasteiger partial charge in [-0.1, -0.05) is 0 Å². The largest absolute Gasteiger partial charge is 0.491 e. The Balaban J connectivity index is 2.40. The molecule has 0 aliphatic rings. The first-order valence-electron chi connectivity index (χ1n) is 4.72. The zero-order valence-electron chi connectivity index (χ0n) is 8.44. The van der Waals surface area contributed by atoms with Gasteiger partial charge in [0.1, 0.15) is 5.75 Å². The normalized spacial score (nSPS) is 12.1. The van der Waals surface area contributed by atoms with Crippen molar-refractivity contribution < 1.29 is 14.6 Å². The van der Waals surface area contributed by atoms with E-state index in [-0.39, 0.29) is 12.5 Å². The van der Waals surface area contributed by atoms with Gasteiger partial charge in [0.2, 0.25) is 0 Å². The van der Waals surface area contributed by atoms with Crippen molar-refractivity contribution in [2.24, 2.45) is 0 Å². The lowest BCUT2D eigenvalue weighted by atomic mass is 10.2. The Morgan fingerprint density at radius 1 is 1.47 bits per heavy atom. The predicted octanol–water partition coefficient (Wildman–Crippen LogP) is 2.92. The summed E-state index contributed by atoms with van der Waals surface area (Å²) in [7, 11) is 0. The molecule has 0 heterocycles. The van der Waals surface area contributed by atoms with Crippen LogP contribution in [-0.4, -0.2) is 17.2 Å². The van der Waals surface area contributed by atoms with Crippen molar-refractivity contribution >= 4 is 28.6 Å². The minimum Gasteiger partial charge on any atom is -0.491 e. The summed E-state index contributed by atoms with van der Waals surface area (Å²) in [5.74, 6) is 0.00126. The SMILES string of the molecule is CC(CCC(=O)O)Oc1ccc(I)cc1. The van der Waals surface area contributed by atoms with E-state index < -0.39 is 5.97 Å². The van der Waals surface area contributed by atoms with Gasteiger partial charge in [0.05, 0.1) is 6.10 Å². The molecule has 0 spiro atoms. The van der Waals surface area contributed by atoms with Gasteiger partial charge in [-0.2, -0.15) is 0 Å². The highest BCUT2D eigenvalue weighted by Gasteiger charge is 2.06. The maximum Gasteiger partial charge on any atom is 0.303 e. The number of rotatable bonds is 5. The zero-order valence-corrected chi connectivity index (χ0v) is 10.6. The quantitative estimate of drug-likeness (QED) is 0.849. The Hall–Kier alpha value is -0.780. The number of hydrogen-bond donors (Lipinski definition) is 1. The number of aliphatic carboxylic acids is 1.